The van der Waals surface area contributed by atoms with E-state index in [0.717, 1.165) is 17.0 Å². The van der Waals surface area contributed by atoms with Gasteiger partial charge in [0, 0.05) is 17.6 Å². The zero-order chi connectivity index (χ0) is 16.6. The van der Waals surface area contributed by atoms with Crippen molar-refractivity contribution in [2.45, 2.75) is 33.7 Å². The van der Waals surface area contributed by atoms with Gasteiger partial charge in [-0.15, -0.1) is 0 Å². The molecule has 0 aliphatic rings. The van der Waals surface area contributed by atoms with Crippen LogP contribution in [-0.4, -0.2) is 15.3 Å². The third kappa shape index (κ3) is 2.97. The lowest BCUT2D eigenvalue weighted by atomic mass is 10.1. The number of aryl methyl sites for hydroxylation is 3. The summed E-state index contributed by atoms with van der Waals surface area (Å²) in [6.07, 6.45) is 1.89. The highest BCUT2D eigenvalue weighted by molar-refractivity contribution is 6.00. The Morgan fingerprint density at radius 3 is 2.52 bits per heavy atom. The number of carbonyl (C=O) groups is 1. The second kappa shape index (κ2) is 5.88. The summed E-state index contributed by atoms with van der Waals surface area (Å²) in [5.74, 6) is -0.0990. The van der Waals surface area contributed by atoms with Crippen molar-refractivity contribution in [3.8, 4) is 0 Å². The molecule has 1 amide bonds. The van der Waals surface area contributed by atoms with Crippen molar-refractivity contribution in [1.29, 1.82) is 0 Å². The van der Waals surface area contributed by atoms with Crippen molar-refractivity contribution in [2.75, 3.05) is 0 Å². The minimum absolute atomic E-state index is 0.0519. The zero-order valence-corrected chi connectivity index (χ0v) is 13.9. The molecule has 0 saturated carbocycles. The van der Waals surface area contributed by atoms with Crippen LogP contribution in [0.4, 0.5) is 0 Å². The van der Waals surface area contributed by atoms with Crippen LogP contribution in [0, 0.1) is 20.8 Å². The Labute approximate surface area is 136 Å². The molecular weight excluding hydrogens is 286 g/mol. The largest absolute Gasteiger partial charge is 0.345 e. The van der Waals surface area contributed by atoms with Gasteiger partial charge in [0.15, 0.2) is 0 Å². The molecule has 3 aromatic rings. The molecule has 4 nitrogen and oxygen atoms in total. The van der Waals surface area contributed by atoms with Crippen LogP contribution in [0.3, 0.4) is 0 Å². The first-order valence-corrected chi connectivity index (χ1v) is 7.78. The highest BCUT2D eigenvalue weighted by atomic mass is 16.1. The molecule has 0 radical (unpaired) electrons. The predicted octanol–water partition coefficient (Wildman–Crippen LogP) is 3.75. The van der Waals surface area contributed by atoms with Gasteiger partial charge < -0.3 is 9.72 Å². The topological polar surface area (TPSA) is 46.4 Å². The van der Waals surface area contributed by atoms with E-state index in [1.165, 1.54) is 5.56 Å². The van der Waals surface area contributed by atoms with Gasteiger partial charge in [0.1, 0.15) is 5.65 Å². The number of fused-ring (bicyclic) bond motifs is 1. The maximum absolute atomic E-state index is 12.6. The average Bonchev–Trinajstić information content (AvgIpc) is 2.91. The summed E-state index contributed by atoms with van der Waals surface area (Å²) in [6, 6.07) is 12.0. The van der Waals surface area contributed by atoms with Crippen LogP contribution in [0.15, 0.2) is 42.6 Å². The number of aromatic nitrogens is 2. The zero-order valence-electron chi connectivity index (χ0n) is 13.9. The lowest BCUT2D eigenvalue weighted by Gasteiger charge is -2.14. The van der Waals surface area contributed by atoms with E-state index in [0.29, 0.717) is 11.2 Å². The molecule has 1 unspecified atom stereocenters. The number of benzene rings is 1. The van der Waals surface area contributed by atoms with Gasteiger partial charge in [0.25, 0.3) is 5.91 Å². The summed E-state index contributed by atoms with van der Waals surface area (Å²) in [4.78, 5) is 17.1. The number of carbonyl (C=O) groups excluding carboxylic acids is 1. The minimum Gasteiger partial charge on any atom is -0.345 e. The van der Waals surface area contributed by atoms with Crippen molar-refractivity contribution < 1.29 is 4.79 Å². The van der Waals surface area contributed by atoms with Crippen molar-refractivity contribution in [3.05, 3.63) is 70.7 Å². The van der Waals surface area contributed by atoms with E-state index in [9.17, 15) is 4.79 Å². The average molecular weight is 307 g/mol. The summed E-state index contributed by atoms with van der Waals surface area (Å²) >= 11 is 0. The molecule has 3 rings (SSSR count). The molecule has 0 saturated heterocycles. The van der Waals surface area contributed by atoms with Crippen molar-refractivity contribution in [1.82, 2.24) is 14.7 Å². The van der Waals surface area contributed by atoms with Gasteiger partial charge in [-0.3, -0.25) is 4.79 Å². The minimum atomic E-state index is -0.0990. The highest BCUT2D eigenvalue weighted by Crippen LogP contribution is 2.17. The Morgan fingerprint density at radius 2 is 1.83 bits per heavy atom. The third-order valence-electron chi connectivity index (χ3n) is 4.11. The highest BCUT2D eigenvalue weighted by Gasteiger charge is 2.16. The molecule has 118 valence electrons. The van der Waals surface area contributed by atoms with Crippen molar-refractivity contribution in [2.24, 2.45) is 0 Å². The van der Waals surface area contributed by atoms with Gasteiger partial charge in [-0.25, -0.2) is 4.98 Å². The fourth-order valence-electron chi connectivity index (χ4n) is 2.78. The number of hydrogen-bond donors (Lipinski definition) is 1. The quantitative estimate of drug-likeness (QED) is 0.801. The van der Waals surface area contributed by atoms with Crippen LogP contribution in [0.25, 0.3) is 5.65 Å². The molecule has 0 aliphatic heterocycles. The van der Waals surface area contributed by atoms with Crippen LogP contribution in [0.2, 0.25) is 0 Å². The summed E-state index contributed by atoms with van der Waals surface area (Å²) < 4.78 is 1.94. The molecule has 4 heteroatoms. The van der Waals surface area contributed by atoms with Crippen LogP contribution in [0.1, 0.15) is 45.8 Å². The smallest absolute Gasteiger partial charge is 0.255 e. The third-order valence-corrected chi connectivity index (χ3v) is 4.11. The molecule has 0 spiro atoms. The van der Waals surface area contributed by atoms with E-state index in [4.69, 9.17) is 0 Å². The number of nitrogens with zero attached hydrogens (tertiary/aromatic N) is 2. The second-order valence-corrected chi connectivity index (χ2v) is 6.07. The Morgan fingerprint density at radius 1 is 1.13 bits per heavy atom. The van der Waals surface area contributed by atoms with E-state index in [-0.39, 0.29) is 11.9 Å². The van der Waals surface area contributed by atoms with Gasteiger partial charge >= 0.3 is 0 Å². The van der Waals surface area contributed by atoms with Crippen molar-refractivity contribution >= 4 is 11.6 Å². The summed E-state index contributed by atoms with van der Waals surface area (Å²) in [5, 5.41) is 3.06. The monoisotopic (exact) mass is 307 g/mol. The molecule has 0 bridgehead atoms. The van der Waals surface area contributed by atoms with Crippen LogP contribution in [0.5, 0.6) is 0 Å². The molecule has 1 atom stereocenters. The SMILES string of the molecule is Cc1ccc(C(C)NC(=O)c2ccn3c(C)cc(C)nc23)cc1. The number of hydrogen-bond acceptors (Lipinski definition) is 2. The van der Waals surface area contributed by atoms with Gasteiger partial charge in [-0.1, -0.05) is 29.8 Å². The predicted molar refractivity (Wildman–Crippen MR) is 91.7 cm³/mol. The first kappa shape index (κ1) is 15.3. The Bertz CT molecular complexity index is 862. The summed E-state index contributed by atoms with van der Waals surface area (Å²) in [7, 11) is 0. The molecule has 2 heterocycles. The standard InChI is InChI=1S/C19H21N3O/c1-12-5-7-16(8-6-12)15(4)21-19(23)17-9-10-22-14(3)11-13(2)20-18(17)22/h5-11,15H,1-4H3,(H,21,23). The molecule has 0 aliphatic carbocycles. The number of nitrogens with one attached hydrogen (secondary N) is 1. The Hall–Kier alpha value is -2.62. The van der Waals surface area contributed by atoms with Gasteiger partial charge in [0.05, 0.1) is 11.6 Å². The van der Waals surface area contributed by atoms with Crippen LogP contribution < -0.4 is 5.32 Å². The lowest BCUT2D eigenvalue weighted by molar-refractivity contribution is 0.0941. The van der Waals surface area contributed by atoms with E-state index in [1.54, 1.807) is 0 Å². The maximum atomic E-state index is 12.6. The van der Waals surface area contributed by atoms with E-state index < -0.39 is 0 Å². The fourth-order valence-corrected chi connectivity index (χ4v) is 2.78. The summed E-state index contributed by atoms with van der Waals surface area (Å²) in [5.41, 5.74) is 5.59. The normalized spacial score (nSPS) is 12.3. The second-order valence-electron chi connectivity index (χ2n) is 6.07. The molecule has 0 fully saturated rings. The molecule has 1 N–H and O–H groups in total. The lowest BCUT2D eigenvalue weighted by Crippen LogP contribution is -2.26. The van der Waals surface area contributed by atoms with E-state index in [1.807, 2.05) is 55.6 Å². The maximum Gasteiger partial charge on any atom is 0.255 e. The first-order chi connectivity index (χ1) is 11.0. The molecule has 1 aromatic carbocycles. The number of amides is 1. The van der Waals surface area contributed by atoms with Crippen LogP contribution in [-0.2, 0) is 0 Å². The fraction of sp³-hybridized carbons (Fsp3) is 0.263. The molecule has 2 aromatic heterocycles. The number of rotatable bonds is 3. The Balaban J connectivity index is 1.87. The van der Waals surface area contributed by atoms with Gasteiger partial charge in [-0.2, -0.15) is 0 Å². The van der Waals surface area contributed by atoms with Crippen LogP contribution >= 0.6 is 0 Å². The van der Waals surface area contributed by atoms with Gasteiger partial charge in [0.2, 0.25) is 0 Å². The molecule has 23 heavy (non-hydrogen) atoms. The first-order valence-electron chi connectivity index (χ1n) is 7.78. The van der Waals surface area contributed by atoms with E-state index >= 15 is 0 Å². The van der Waals surface area contributed by atoms with E-state index in [2.05, 4.69) is 29.4 Å². The summed E-state index contributed by atoms with van der Waals surface area (Å²) in [6.45, 7) is 8.00. The van der Waals surface area contributed by atoms with Gasteiger partial charge in [-0.05, 0) is 45.4 Å². The Kier molecular flexibility index (Phi) is 3.90. The molecular formula is C19H21N3O. The van der Waals surface area contributed by atoms with Crippen molar-refractivity contribution in [3.63, 3.8) is 0 Å².